The molecule has 2 aromatic rings. The fourth-order valence-corrected chi connectivity index (χ4v) is 2.40. The van der Waals surface area contributed by atoms with Gasteiger partial charge in [-0.15, -0.1) is 11.8 Å². The van der Waals surface area contributed by atoms with Crippen molar-refractivity contribution in [1.29, 1.82) is 0 Å². The smallest absolute Gasteiger partial charge is 0.308 e. The summed E-state index contributed by atoms with van der Waals surface area (Å²) in [5.41, 5.74) is -3.30. The monoisotopic (exact) mass is 394 g/mol. The Hall–Kier alpha value is -2.36. The maximum Gasteiger partial charge on any atom is 0.416 e. The molecule has 0 aliphatic carbocycles. The molecule has 2 N–H and O–H groups in total. The van der Waals surface area contributed by atoms with Gasteiger partial charge in [-0.3, -0.25) is 0 Å². The van der Waals surface area contributed by atoms with Gasteiger partial charge in [-0.25, -0.2) is 4.79 Å². The Balaban J connectivity index is 2.22. The van der Waals surface area contributed by atoms with Crippen molar-refractivity contribution in [2.24, 2.45) is 0 Å². The normalized spacial score (nSPS) is 12.0. The van der Waals surface area contributed by atoms with Gasteiger partial charge in [0.1, 0.15) is 0 Å². The van der Waals surface area contributed by atoms with Crippen molar-refractivity contribution in [3.05, 3.63) is 53.6 Å². The van der Waals surface area contributed by atoms with Gasteiger partial charge < -0.3 is 10.6 Å². The summed E-state index contributed by atoms with van der Waals surface area (Å²) in [6.45, 7) is 0. The van der Waals surface area contributed by atoms with Gasteiger partial charge in [-0.05, 0) is 48.7 Å². The molecule has 0 aliphatic rings. The number of urea groups is 1. The highest BCUT2D eigenvalue weighted by Gasteiger charge is 2.37. The minimum absolute atomic E-state index is 0.00970. The van der Waals surface area contributed by atoms with E-state index < -0.39 is 35.2 Å². The number of carbonyl (C=O) groups is 1. The number of carbonyl (C=O) groups excluding carboxylic acids is 1. The first kappa shape index (κ1) is 20.0. The zero-order valence-electron chi connectivity index (χ0n) is 13.1. The number of hydrogen-bond acceptors (Lipinski definition) is 2. The average molecular weight is 394 g/mol. The molecule has 140 valence electrons. The number of halogens is 6. The Morgan fingerprint density at radius 1 is 0.808 bits per heavy atom. The quantitative estimate of drug-likeness (QED) is 0.489. The molecule has 0 saturated carbocycles. The number of rotatable bonds is 3. The van der Waals surface area contributed by atoms with Crippen LogP contribution in [0.15, 0.2) is 47.4 Å². The minimum Gasteiger partial charge on any atom is -0.308 e. The third kappa shape index (κ3) is 5.32. The van der Waals surface area contributed by atoms with Crippen molar-refractivity contribution in [3.63, 3.8) is 0 Å². The van der Waals surface area contributed by atoms with E-state index in [0.29, 0.717) is 17.8 Å². The lowest BCUT2D eigenvalue weighted by molar-refractivity contribution is -0.143. The second-order valence-corrected chi connectivity index (χ2v) is 5.98. The van der Waals surface area contributed by atoms with E-state index in [4.69, 9.17) is 0 Å². The molecule has 0 unspecified atom stereocenters. The van der Waals surface area contributed by atoms with Gasteiger partial charge in [0.05, 0.1) is 11.1 Å². The van der Waals surface area contributed by atoms with Crippen LogP contribution in [-0.2, 0) is 12.4 Å². The lowest BCUT2D eigenvalue weighted by Gasteiger charge is -2.15. The summed E-state index contributed by atoms with van der Waals surface area (Å²) in [5, 5.41) is 4.33. The molecule has 0 atom stereocenters. The van der Waals surface area contributed by atoms with Crippen molar-refractivity contribution in [1.82, 2.24) is 0 Å². The number of benzene rings is 2. The van der Waals surface area contributed by atoms with Crippen LogP contribution in [0.3, 0.4) is 0 Å². The molecule has 3 nitrogen and oxygen atoms in total. The van der Waals surface area contributed by atoms with Gasteiger partial charge in [0, 0.05) is 16.3 Å². The highest BCUT2D eigenvalue weighted by atomic mass is 32.2. The molecule has 0 fully saturated rings. The van der Waals surface area contributed by atoms with Crippen LogP contribution in [0.4, 0.5) is 42.5 Å². The van der Waals surface area contributed by atoms with E-state index in [9.17, 15) is 31.1 Å². The molecule has 0 radical (unpaired) electrons. The Morgan fingerprint density at radius 2 is 1.27 bits per heavy atom. The van der Waals surface area contributed by atoms with Crippen LogP contribution in [0.25, 0.3) is 0 Å². The third-order valence-corrected chi connectivity index (χ3v) is 3.94. The van der Waals surface area contributed by atoms with Crippen molar-refractivity contribution in [2.45, 2.75) is 17.2 Å². The van der Waals surface area contributed by atoms with Crippen molar-refractivity contribution in [3.8, 4) is 0 Å². The summed E-state index contributed by atoms with van der Waals surface area (Å²) in [4.78, 5) is 12.8. The van der Waals surface area contributed by atoms with E-state index in [2.05, 4.69) is 5.32 Å². The molecular formula is C16H12F6N2OS. The maximum absolute atomic E-state index is 12.8. The molecule has 2 rings (SSSR count). The lowest BCUT2D eigenvalue weighted by Crippen LogP contribution is -2.20. The third-order valence-electron chi connectivity index (χ3n) is 3.19. The Morgan fingerprint density at radius 3 is 1.69 bits per heavy atom. The van der Waals surface area contributed by atoms with E-state index in [1.54, 1.807) is 24.3 Å². The SMILES string of the molecule is CSc1ccc(NC(=O)Nc2cc(C(F)(F)F)cc(C(F)(F)F)c2)cc1. The zero-order chi connectivity index (χ0) is 19.5. The number of thioether (sulfide) groups is 1. The maximum atomic E-state index is 12.8. The zero-order valence-corrected chi connectivity index (χ0v) is 13.9. The van der Waals surface area contributed by atoms with Crippen LogP contribution in [0.2, 0.25) is 0 Å². The average Bonchev–Trinajstić information content (AvgIpc) is 2.53. The first-order valence-corrected chi connectivity index (χ1v) is 8.23. The van der Waals surface area contributed by atoms with Crippen molar-refractivity contribution < 1.29 is 31.1 Å². The van der Waals surface area contributed by atoms with Gasteiger partial charge in [-0.1, -0.05) is 0 Å². The summed E-state index contributed by atoms with van der Waals surface area (Å²) in [5.74, 6) is 0. The molecule has 0 aliphatic heterocycles. The van der Waals surface area contributed by atoms with Gasteiger partial charge in [0.25, 0.3) is 0 Å². The Bertz CT molecular complexity index is 755. The van der Waals surface area contributed by atoms with Crippen LogP contribution in [0.5, 0.6) is 0 Å². The van der Waals surface area contributed by atoms with Crippen LogP contribution in [0.1, 0.15) is 11.1 Å². The summed E-state index contributed by atoms with van der Waals surface area (Å²) in [6.07, 6.45) is -8.12. The van der Waals surface area contributed by atoms with E-state index >= 15 is 0 Å². The van der Waals surface area contributed by atoms with Crippen LogP contribution < -0.4 is 10.6 Å². The number of amides is 2. The number of alkyl halides is 6. The molecule has 2 aromatic carbocycles. The molecule has 2 amide bonds. The Kier molecular flexibility index (Phi) is 5.74. The second kappa shape index (κ2) is 7.48. The molecular weight excluding hydrogens is 382 g/mol. The largest absolute Gasteiger partial charge is 0.416 e. The predicted octanol–water partition coefficient (Wildman–Crippen LogP) is 6.09. The lowest BCUT2D eigenvalue weighted by atomic mass is 10.1. The van der Waals surface area contributed by atoms with Gasteiger partial charge in [0.15, 0.2) is 0 Å². The predicted molar refractivity (Wildman–Crippen MR) is 87.3 cm³/mol. The summed E-state index contributed by atoms with van der Waals surface area (Å²) in [7, 11) is 0. The first-order valence-electron chi connectivity index (χ1n) is 7.00. The molecule has 0 bridgehead atoms. The number of nitrogens with one attached hydrogen (secondary N) is 2. The minimum atomic E-state index is -4.98. The second-order valence-electron chi connectivity index (χ2n) is 5.10. The standard InChI is InChI=1S/C16H12F6N2OS/c1-26-13-4-2-11(3-5-13)23-14(25)24-12-7-9(15(17,18)19)6-10(8-12)16(20,21)22/h2-8H,1H3,(H2,23,24,25). The van der Waals surface area contributed by atoms with Crippen LogP contribution >= 0.6 is 11.8 Å². The topological polar surface area (TPSA) is 41.1 Å². The molecule has 0 heterocycles. The van der Waals surface area contributed by atoms with Crippen LogP contribution in [-0.4, -0.2) is 12.3 Å². The van der Waals surface area contributed by atoms with Crippen molar-refractivity contribution in [2.75, 3.05) is 16.9 Å². The fraction of sp³-hybridized carbons (Fsp3) is 0.188. The summed E-state index contributed by atoms with van der Waals surface area (Å²) < 4.78 is 76.8. The summed E-state index contributed by atoms with van der Waals surface area (Å²) >= 11 is 1.47. The number of anilines is 2. The van der Waals surface area contributed by atoms with E-state index in [0.717, 1.165) is 4.90 Å². The van der Waals surface area contributed by atoms with Gasteiger partial charge in [-0.2, -0.15) is 26.3 Å². The van der Waals surface area contributed by atoms with Gasteiger partial charge in [0.2, 0.25) is 0 Å². The Labute approximate surface area is 148 Å². The van der Waals surface area contributed by atoms with E-state index in [1.807, 2.05) is 11.6 Å². The van der Waals surface area contributed by atoms with Gasteiger partial charge >= 0.3 is 18.4 Å². The highest BCUT2D eigenvalue weighted by Crippen LogP contribution is 2.37. The molecule has 26 heavy (non-hydrogen) atoms. The summed E-state index contributed by atoms with van der Waals surface area (Å²) in [6, 6.07) is 6.41. The first-order chi connectivity index (χ1) is 12.0. The number of hydrogen-bond donors (Lipinski definition) is 2. The molecule has 0 aromatic heterocycles. The highest BCUT2D eigenvalue weighted by molar-refractivity contribution is 7.98. The fourth-order valence-electron chi connectivity index (χ4n) is 1.99. The van der Waals surface area contributed by atoms with E-state index in [-0.39, 0.29) is 6.07 Å². The van der Waals surface area contributed by atoms with Crippen molar-refractivity contribution >= 4 is 29.2 Å². The van der Waals surface area contributed by atoms with E-state index in [1.165, 1.54) is 11.8 Å². The molecule has 10 heteroatoms. The molecule has 0 saturated heterocycles. The van der Waals surface area contributed by atoms with Crippen LogP contribution in [0, 0.1) is 0 Å². The molecule has 0 spiro atoms.